The minimum absolute atomic E-state index is 0.757. The first-order chi connectivity index (χ1) is 11.3. The van der Waals surface area contributed by atoms with Crippen molar-refractivity contribution in [1.29, 1.82) is 0 Å². The molecule has 0 nitrogen and oxygen atoms in total. The zero-order chi connectivity index (χ0) is 16.1. The van der Waals surface area contributed by atoms with Gasteiger partial charge in [-0.25, -0.2) is 0 Å². The molecule has 0 heteroatoms. The molecule has 0 radical (unpaired) electrons. The van der Waals surface area contributed by atoms with Crippen LogP contribution in [0, 0.1) is 5.92 Å². The highest BCUT2D eigenvalue weighted by Gasteiger charge is 2.20. The van der Waals surface area contributed by atoms with Gasteiger partial charge in [-0.15, -0.1) is 0 Å². The maximum atomic E-state index is 2.39. The van der Waals surface area contributed by atoms with Gasteiger partial charge in [0.05, 0.1) is 0 Å². The van der Waals surface area contributed by atoms with Crippen molar-refractivity contribution in [2.24, 2.45) is 5.92 Å². The van der Waals surface area contributed by atoms with Crippen molar-refractivity contribution < 1.29 is 0 Å². The van der Waals surface area contributed by atoms with E-state index >= 15 is 0 Å². The normalized spacial score (nSPS) is 21.7. The molecule has 120 valence electrons. The summed E-state index contributed by atoms with van der Waals surface area (Å²) in [7, 11) is 0. The molecule has 0 N–H and O–H groups in total. The van der Waals surface area contributed by atoms with Gasteiger partial charge in [0.25, 0.3) is 0 Å². The molecule has 3 rings (SSSR count). The summed E-state index contributed by atoms with van der Waals surface area (Å²) in [6, 6.07) is 18.3. The lowest BCUT2D eigenvalue weighted by atomic mass is 9.78. The summed E-state index contributed by atoms with van der Waals surface area (Å²) in [5, 5.41) is 0. The maximum Gasteiger partial charge on any atom is -0.0162 e. The van der Waals surface area contributed by atoms with Crippen molar-refractivity contribution in [3.63, 3.8) is 0 Å². The molecule has 0 aromatic heterocycles. The van der Waals surface area contributed by atoms with Crippen LogP contribution in [0.1, 0.15) is 56.6 Å². The van der Waals surface area contributed by atoms with Gasteiger partial charge in [0.2, 0.25) is 0 Å². The highest BCUT2D eigenvalue weighted by atomic mass is 14.3. The molecule has 1 saturated carbocycles. The Morgan fingerprint density at radius 1 is 0.826 bits per heavy atom. The molecular formula is C23H28. The Morgan fingerprint density at radius 2 is 1.39 bits per heavy atom. The molecule has 1 fully saturated rings. The summed E-state index contributed by atoms with van der Waals surface area (Å²) in [5.41, 5.74) is 5.59. The van der Waals surface area contributed by atoms with Crippen molar-refractivity contribution in [3.8, 4) is 11.1 Å². The average molecular weight is 304 g/mol. The minimum Gasteiger partial charge on any atom is -0.0914 e. The van der Waals surface area contributed by atoms with Gasteiger partial charge in [-0.05, 0) is 73.1 Å². The van der Waals surface area contributed by atoms with E-state index in [0.717, 1.165) is 18.3 Å². The minimum atomic E-state index is 0.757. The van der Waals surface area contributed by atoms with Gasteiger partial charge in [0, 0.05) is 0 Å². The molecule has 0 aliphatic heterocycles. The summed E-state index contributed by atoms with van der Waals surface area (Å²) >= 11 is 0. The summed E-state index contributed by atoms with van der Waals surface area (Å²) in [4.78, 5) is 0. The molecule has 0 atom stereocenters. The van der Waals surface area contributed by atoms with Crippen molar-refractivity contribution in [1.82, 2.24) is 0 Å². The average Bonchev–Trinajstić information content (AvgIpc) is 2.63. The van der Waals surface area contributed by atoms with E-state index in [-0.39, 0.29) is 0 Å². The highest BCUT2D eigenvalue weighted by molar-refractivity contribution is 5.64. The van der Waals surface area contributed by atoms with Crippen molar-refractivity contribution >= 4 is 0 Å². The fraction of sp³-hybridized carbons (Fsp3) is 0.391. The van der Waals surface area contributed by atoms with E-state index in [1.54, 1.807) is 0 Å². The third-order valence-corrected chi connectivity index (χ3v) is 5.31. The summed E-state index contributed by atoms with van der Waals surface area (Å²) in [6.07, 6.45) is 11.1. The third kappa shape index (κ3) is 3.93. The van der Waals surface area contributed by atoms with E-state index in [0.29, 0.717) is 0 Å². The number of rotatable bonds is 4. The van der Waals surface area contributed by atoms with Crippen molar-refractivity contribution in [2.45, 2.75) is 51.9 Å². The third-order valence-electron chi connectivity index (χ3n) is 5.31. The van der Waals surface area contributed by atoms with Crippen LogP contribution < -0.4 is 0 Å². The Kier molecular flexibility index (Phi) is 5.33. The Balaban J connectivity index is 1.67. The SMILES string of the molecule is CC=C[C@H]1CC[C@H](c2ccc(-c3ccc(CC)cc3)cc2)CC1. The number of hydrogen-bond acceptors (Lipinski definition) is 0. The number of benzene rings is 2. The fourth-order valence-corrected chi connectivity index (χ4v) is 3.80. The first-order valence-electron chi connectivity index (χ1n) is 9.12. The van der Waals surface area contributed by atoms with Crippen LogP contribution in [-0.2, 0) is 6.42 Å². The quantitative estimate of drug-likeness (QED) is 0.547. The molecular weight excluding hydrogens is 276 g/mol. The Hall–Kier alpha value is -1.82. The molecule has 1 aliphatic carbocycles. The monoisotopic (exact) mass is 304 g/mol. The van der Waals surface area contributed by atoms with E-state index in [4.69, 9.17) is 0 Å². The van der Waals surface area contributed by atoms with Crippen LogP contribution in [0.25, 0.3) is 11.1 Å². The van der Waals surface area contributed by atoms with Crippen LogP contribution in [0.15, 0.2) is 60.7 Å². The molecule has 2 aromatic rings. The van der Waals surface area contributed by atoms with E-state index in [2.05, 4.69) is 74.5 Å². The van der Waals surface area contributed by atoms with E-state index in [9.17, 15) is 0 Å². The largest absolute Gasteiger partial charge is 0.0914 e. The standard InChI is InChI=1S/C23H28/c1-3-5-19-8-12-21(13-9-19)23-16-14-22(15-17-23)20-10-6-18(4-2)7-11-20/h3,5-7,10-11,14-17,19,21H,4,8-9,12-13H2,1-2H3/t19-,21-. The predicted octanol–water partition coefficient (Wildman–Crippen LogP) is 6.77. The highest BCUT2D eigenvalue weighted by Crippen LogP contribution is 2.36. The Labute approximate surface area is 141 Å². The molecule has 0 unspecified atom stereocenters. The smallest absolute Gasteiger partial charge is 0.0162 e. The second-order valence-corrected chi connectivity index (χ2v) is 6.81. The van der Waals surface area contributed by atoms with E-state index in [1.165, 1.54) is 47.9 Å². The number of hydrogen-bond donors (Lipinski definition) is 0. The van der Waals surface area contributed by atoms with Crippen molar-refractivity contribution in [3.05, 3.63) is 71.8 Å². The molecule has 0 bridgehead atoms. The second-order valence-electron chi connectivity index (χ2n) is 6.81. The van der Waals surface area contributed by atoms with Crippen LogP contribution in [0.4, 0.5) is 0 Å². The second kappa shape index (κ2) is 7.64. The molecule has 23 heavy (non-hydrogen) atoms. The van der Waals surface area contributed by atoms with Gasteiger partial charge in [0.15, 0.2) is 0 Å². The Morgan fingerprint density at radius 3 is 1.91 bits per heavy atom. The zero-order valence-corrected chi connectivity index (χ0v) is 14.5. The lowest BCUT2D eigenvalue weighted by molar-refractivity contribution is 0.376. The summed E-state index contributed by atoms with van der Waals surface area (Å²) < 4.78 is 0. The molecule has 2 aromatic carbocycles. The topological polar surface area (TPSA) is 0 Å². The molecule has 0 heterocycles. The van der Waals surface area contributed by atoms with E-state index in [1.807, 2.05) is 0 Å². The van der Waals surface area contributed by atoms with Gasteiger partial charge in [0.1, 0.15) is 0 Å². The molecule has 1 aliphatic rings. The van der Waals surface area contributed by atoms with Crippen LogP contribution in [0.5, 0.6) is 0 Å². The summed E-state index contributed by atoms with van der Waals surface area (Å²) in [6.45, 7) is 4.34. The first-order valence-corrected chi connectivity index (χ1v) is 9.12. The predicted molar refractivity (Wildman–Crippen MR) is 101 cm³/mol. The van der Waals surface area contributed by atoms with Crippen molar-refractivity contribution in [2.75, 3.05) is 0 Å². The van der Waals surface area contributed by atoms with Crippen LogP contribution >= 0.6 is 0 Å². The maximum absolute atomic E-state index is 2.39. The first kappa shape index (κ1) is 16.1. The van der Waals surface area contributed by atoms with Gasteiger partial charge in [-0.1, -0.05) is 67.6 Å². The molecule has 0 amide bonds. The number of allylic oxidation sites excluding steroid dienone is 2. The fourth-order valence-electron chi connectivity index (χ4n) is 3.80. The van der Waals surface area contributed by atoms with Gasteiger partial charge in [-0.2, -0.15) is 0 Å². The molecule has 0 spiro atoms. The van der Waals surface area contributed by atoms with Crippen LogP contribution in [0.3, 0.4) is 0 Å². The lowest BCUT2D eigenvalue weighted by Gasteiger charge is -2.27. The van der Waals surface area contributed by atoms with Gasteiger partial charge < -0.3 is 0 Å². The van der Waals surface area contributed by atoms with Gasteiger partial charge in [-0.3, -0.25) is 0 Å². The van der Waals surface area contributed by atoms with E-state index < -0.39 is 0 Å². The van der Waals surface area contributed by atoms with Crippen LogP contribution in [0.2, 0.25) is 0 Å². The van der Waals surface area contributed by atoms with Gasteiger partial charge >= 0.3 is 0 Å². The molecule has 0 saturated heterocycles. The summed E-state index contributed by atoms with van der Waals surface area (Å²) in [5.74, 6) is 1.57. The Bertz CT molecular complexity index is 623. The zero-order valence-electron chi connectivity index (χ0n) is 14.5. The lowest BCUT2D eigenvalue weighted by Crippen LogP contribution is -2.11. The van der Waals surface area contributed by atoms with Crippen LogP contribution in [-0.4, -0.2) is 0 Å². The number of aryl methyl sites for hydroxylation is 1.